The number of nitrogens with one attached hydrogen (secondary N) is 2. The molecule has 5 heteroatoms. The van der Waals surface area contributed by atoms with Crippen LogP contribution in [0.5, 0.6) is 0 Å². The minimum Gasteiger partial charge on any atom is -0.350 e. The summed E-state index contributed by atoms with van der Waals surface area (Å²) in [5.41, 5.74) is 2.52. The van der Waals surface area contributed by atoms with Gasteiger partial charge in [0.25, 0.3) is 0 Å². The van der Waals surface area contributed by atoms with Gasteiger partial charge in [-0.2, -0.15) is 5.26 Å². The Morgan fingerprint density at radius 3 is 2.50 bits per heavy atom. The monoisotopic (exact) mass is 403 g/mol. The van der Waals surface area contributed by atoms with Crippen LogP contribution in [0.25, 0.3) is 11.1 Å². The zero-order valence-corrected chi connectivity index (χ0v) is 17.5. The maximum atomic E-state index is 13.0. The molecule has 5 nitrogen and oxygen atoms in total. The number of carbonyl (C=O) groups excluding carboxylic acids is 2. The number of nitriles is 1. The molecule has 0 atom stereocenters. The van der Waals surface area contributed by atoms with Crippen molar-refractivity contribution in [2.24, 2.45) is 0 Å². The van der Waals surface area contributed by atoms with E-state index < -0.39 is 5.54 Å². The highest BCUT2D eigenvalue weighted by atomic mass is 16.2. The Bertz CT molecular complexity index is 925. The quantitative estimate of drug-likeness (QED) is 0.683. The highest BCUT2D eigenvalue weighted by Crippen LogP contribution is 2.30. The number of hydrogen-bond acceptors (Lipinski definition) is 3. The van der Waals surface area contributed by atoms with Gasteiger partial charge in [-0.15, -0.1) is 0 Å². The van der Waals surface area contributed by atoms with Crippen molar-refractivity contribution in [3.8, 4) is 17.2 Å². The lowest BCUT2D eigenvalue weighted by Gasteiger charge is -2.29. The molecule has 1 saturated carbocycles. The lowest BCUT2D eigenvalue weighted by Crippen LogP contribution is -2.57. The van der Waals surface area contributed by atoms with Gasteiger partial charge in [0, 0.05) is 13.0 Å². The van der Waals surface area contributed by atoms with Crippen LogP contribution in [0.2, 0.25) is 0 Å². The molecular weight excluding hydrogens is 374 g/mol. The molecule has 0 aliphatic heterocycles. The Morgan fingerprint density at radius 1 is 1.10 bits per heavy atom. The fourth-order valence-corrected chi connectivity index (χ4v) is 4.07. The van der Waals surface area contributed by atoms with E-state index in [1.807, 2.05) is 55.5 Å². The summed E-state index contributed by atoms with van der Waals surface area (Å²) in [5, 5.41) is 15.6. The molecule has 0 aromatic heterocycles. The molecule has 2 aromatic carbocycles. The molecule has 0 heterocycles. The number of rotatable bonds is 8. The summed E-state index contributed by atoms with van der Waals surface area (Å²) < 4.78 is 0. The van der Waals surface area contributed by atoms with Gasteiger partial charge in [0.2, 0.25) is 11.8 Å². The summed E-state index contributed by atoms with van der Waals surface area (Å²) >= 11 is 0. The first-order valence-corrected chi connectivity index (χ1v) is 10.8. The van der Waals surface area contributed by atoms with Gasteiger partial charge in [-0.3, -0.25) is 9.59 Å². The van der Waals surface area contributed by atoms with Crippen LogP contribution >= 0.6 is 0 Å². The largest absolute Gasteiger partial charge is 0.350 e. The Kier molecular flexibility index (Phi) is 7.24. The number of amides is 2. The molecule has 156 valence electrons. The maximum absolute atomic E-state index is 13.0. The molecule has 2 aromatic rings. The molecule has 0 unspecified atom stereocenters. The minimum absolute atomic E-state index is 0.0483. The first-order valence-electron chi connectivity index (χ1n) is 10.8. The Hall–Kier alpha value is -3.13. The normalized spacial score (nSPS) is 14.7. The maximum Gasteiger partial charge on any atom is 0.246 e. The van der Waals surface area contributed by atoms with Gasteiger partial charge in [0.15, 0.2) is 0 Å². The third-order valence-electron chi connectivity index (χ3n) is 5.77. The highest BCUT2D eigenvalue weighted by molar-refractivity contribution is 5.91. The van der Waals surface area contributed by atoms with Crippen molar-refractivity contribution in [1.29, 1.82) is 5.26 Å². The van der Waals surface area contributed by atoms with Gasteiger partial charge < -0.3 is 10.6 Å². The van der Waals surface area contributed by atoms with Crippen molar-refractivity contribution in [3.05, 3.63) is 59.7 Å². The van der Waals surface area contributed by atoms with E-state index in [2.05, 4.69) is 16.7 Å². The summed E-state index contributed by atoms with van der Waals surface area (Å²) in [6.07, 6.45) is 5.46. The van der Waals surface area contributed by atoms with E-state index in [1.54, 1.807) is 0 Å². The number of nitrogens with zero attached hydrogens (tertiary/aromatic N) is 1. The molecule has 3 rings (SSSR count). The second-order valence-corrected chi connectivity index (χ2v) is 7.98. The van der Waals surface area contributed by atoms with E-state index in [0.717, 1.165) is 42.4 Å². The van der Waals surface area contributed by atoms with Gasteiger partial charge in [0.1, 0.15) is 5.54 Å². The molecule has 1 aliphatic carbocycles. The number of hydrogen-bond donors (Lipinski definition) is 2. The minimum atomic E-state index is -0.799. The molecule has 0 spiro atoms. The lowest BCUT2D eigenvalue weighted by molar-refractivity contribution is -0.133. The van der Waals surface area contributed by atoms with Crippen LogP contribution in [0.3, 0.4) is 0 Å². The molecule has 0 radical (unpaired) electrons. The van der Waals surface area contributed by atoms with Gasteiger partial charge >= 0.3 is 0 Å². The van der Waals surface area contributed by atoms with E-state index in [-0.39, 0.29) is 11.8 Å². The Labute approximate surface area is 178 Å². The average molecular weight is 404 g/mol. The highest BCUT2D eigenvalue weighted by Gasteiger charge is 2.42. The second-order valence-electron chi connectivity index (χ2n) is 7.98. The van der Waals surface area contributed by atoms with E-state index in [1.165, 1.54) is 0 Å². The molecule has 30 heavy (non-hydrogen) atoms. The standard InChI is InChI=1S/C25H29N3O2/c1-2-3-11-23(29)28-25(14-7-8-15-25)24(30)27-18-19-12-13-22(21(16-19)17-26)20-9-5-4-6-10-20/h4-6,9-10,12-13,16H,2-3,7-8,11,14-15,18H2,1H3,(H,27,30)(H,28,29). The fourth-order valence-electron chi connectivity index (χ4n) is 4.07. The summed E-state index contributed by atoms with van der Waals surface area (Å²) in [6.45, 7) is 2.37. The van der Waals surface area contributed by atoms with E-state index in [0.29, 0.717) is 31.4 Å². The van der Waals surface area contributed by atoms with Gasteiger partial charge in [0.05, 0.1) is 11.6 Å². The van der Waals surface area contributed by atoms with Crippen molar-refractivity contribution < 1.29 is 9.59 Å². The van der Waals surface area contributed by atoms with Gasteiger partial charge in [-0.05, 0) is 42.0 Å². The molecular formula is C25H29N3O2. The van der Waals surface area contributed by atoms with Crippen LogP contribution in [-0.4, -0.2) is 17.4 Å². The third-order valence-corrected chi connectivity index (χ3v) is 5.77. The zero-order chi connectivity index (χ0) is 21.4. The van der Waals surface area contributed by atoms with Crippen LogP contribution < -0.4 is 10.6 Å². The van der Waals surface area contributed by atoms with Crippen molar-refractivity contribution in [2.75, 3.05) is 0 Å². The molecule has 0 bridgehead atoms. The first-order chi connectivity index (χ1) is 14.6. The third kappa shape index (κ3) is 5.07. The predicted molar refractivity (Wildman–Crippen MR) is 117 cm³/mol. The fraction of sp³-hybridized carbons (Fsp3) is 0.400. The van der Waals surface area contributed by atoms with Gasteiger partial charge in [-0.1, -0.05) is 68.7 Å². The van der Waals surface area contributed by atoms with Crippen molar-refractivity contribution in [1.82, 2.24) is 10.6 Å². The van der Waals surface area contributed by atoms with Gasteiger partial charge in [-0.25, -0.2) is 0 Å². The predicted octanol–water partition coefficient (Wildman–Crippen LogP) is 4.46. The molecule has 0 saturated heterocycles. The average Bonchev–Trinajstić information content (AvgIpc) is 3.26. The van der Waals surface area contributed by atoms with Crippen LogP contribution in [0.1, 0.15) is 63.0 Å². The summed E-state index contributed by atoms with van der Waals surface area (Å²) in [7, 11) is 0. The number of carbonyl (C=O) groups is 2. The molecule has 1 fully saturated rings. The Balaban J connectivity index is 1.68. The topological polar surface area (TPSA) is 82.0 Å². The van der Waals surface area contributed by atoms with Crippen molar-refractivity contribution in [2.45, 2.75) is 64.0 Å². The SMILES string of the molecule is CCCCC(=O)NC1(C(=O)NCc2ccc(-c3ccccc3)c(C#N)c2)CCCC1. The van der Waals surface area contributed by atoms with Crippen LogP contribution in [0.4, 0.5) is 0 Å². The van der Waals surface area contributed by atoms with Crippen LogP contribution in [0, 0.1) is 11.3 Å². The molecule has 2 N–H and O–H groups in total. The summed E-state index contributed by atoms with van der Waals surface area (Å²) in [5.74, 6) is -0.177. The summed E-state index contributed by atoms with van der Waals surface area (Å²) in [6, 6.07) is 17.7. The first kappa shape index (κ1) is 21.6. The lowest BCUT2D eigenvalue weighted by atomic mass is 9.95. The van der Waals surface area contributed by atoms with Crippen LogP contribution in [-0.2, 0) is 16.1 Å². The number of benzene rings is 2. The number of unbranched alkanes of at least 4 members (excludes halogenated alkanes) is 1. The smallest absolute Gasteiger partial charge is 0.246 e. The van der Waals surface area contributed by atoms with E-state index in [9.17, 15) is 14.9 Å². The van der Waals surface area contributed by atoms with E-state index >= 15 is 0 Å². The van der Waals surface area contributed by atoms with Crippen LogP contribution in [0.15, 0.2) is 48.5 Å². The van der Waals surface area contributed by atoms with E-state index in [4.69, 9.17) is 0 Å². The summed E-state index contributed by atoms with van der Waals surface area (Å²) in [4.78, 5) is 25.3. The van der Waals surface area contributed by atoms with Crippen molar-refractivity contribution >= 4 is 11.8 Å². The second kappa shape index (κ2) is 10.1. The van der Waals surface area contributed by atoms with Crippen molar-refractivity contribution in [3.63, 3.8) is 0 Å². The Morgan fingerprint density at radius 2 is 1.83 bits per heavy atom. The molecule has 1 aliphatic rings. The zero-order valence-electron chi connectivity index (χ0n) is 17.5. The molecule has 2 amide bonds.